The number of hydrogen-bond donors (Lipinski definition) is 6. The van der Waals surface area contributed by atoms with Gasteiger partial charge in [-0.15, -0.1) is 0 Å². The van der Waals surface area contributed by atoms with E-state index in [4.69, 9.17) is 22.3 Å². The number of nitrogens with zero attached hydrogens (tertiary/aromatic N) is 4. The first-order valence-corrected chi connectivity index (χ1v) is 2.62. The van der Waals surface area contributed by atoms with Crippen molar-refractivity contribution >= 4 is 11.9 Å². The van der Waals surface area contributed by atoms with Crippen molar-refractivity contribution in [3.8, 4) is 0 Å². The molecule has 0 radical (unpaired) electrons. The van der Waals surface area contributed by atoms with Gasteiger partial charge in [-0.25, -0.2) is 0 Å². The Kier molecular flexibility index (Phi) is 4.48. The average Bonchev–Trinajstić information content (AvgIpc) is 2.36. The Bertz CT molecular complexity index is 193. The summed E-state index contributed by atoms with van der Waals surface area (Å²) in [4.78, 5) is 0. The number of guanidine groups is 2. The van der Waals surface area contributed by atoms with E-state index in [0.717, 1.165) is 0 Å². The van der Waals surface area contributed by atoms with Crippen molar-refractivity contribution in [3.63, 3.8) is 0 Å². The number of nitrogens with two attached hydrogens (primary N) is 2. The number of aromatic nitrogens is 5. The molecule has 0 saturated carbocycles. The summed E-state index contributed by atoms with van der Waals surface area (Å²) in [6.45, 7) is 0. The first-order valence-electron chi connectivity index (χ1n) is 2.62. The zero-order chi connectivity index (χ0) is 9.40. The lowest BCUT2D eigenvalue weighted by molar-refractivity contribution is 0.881. The molecule has 0 aliphatic heterocycles. The van der Waals surface area contributed by atoms with E-state index in [1.807, 2.05) is 5.32 Å². The fraction of sp³-hybridized carbons (Fsp3) is 0. The van der Waals surface area contributed by atoms with Gasteiger partial charge in [0.15, 0.2) is 11.9 Å². The van der Waals surface area contributed by atoms with Gasteiger partial charge < -0.3 is 11.5 Å². The molecule has 1 aromatic heterocycles. The molecule has 12 heavy (non-hydrogen) atoms. The van der Waals surface area contributed by atoms with E-state index < -0.39 is 0 Å². The van der Waals surface area contributed by atoms with Gasteiger partial charge in [-0.3, -0.25) is 16.1 Å². The van der Waals surface area contributed by atoms with E-state index in [1.165, 1.54) is 0 Å². The molecule has 0 aromatic carbocycles. The Labute approximate surface area is 66.7 Å². The molecule has 8 N–H and O–H groups in total. The molecule has 0 bridgehead atoms. The molecule has 0 fully saturated rings. The highest BCUT2D eigenvalue weighted by Gasteiger charge is 1.83. The standard InChI is InChI=1S/C2H7N5.HN5/c3-1(4)7-2(5)6;1-2-4-5-3-1/h(H7,3,4,5,6,7);(H,1,2,3,4,5). The highest BCUT2D eigenvalue weighted by atomic mass is 15.6. The summed E-state index contributed by atoms with van der Waals surface area (Å²) in [5.41, 5.74) is 9.49. The molecule has 0 aliphatic carbocycles. The van der Waals surface area contributed by atoms with Gasteiger partial charge in [-0.2, -0.15) is 5.21 Å². The summed E-state index contributed by atoms with van der Waals surface area (Å²) in [5, 5.41) is 29.5. The molecule has 0 atom stereocenters. The Hall–Kier alpha value is -2.26. The van der Waals surface area contributed by atoms with Crippen LogP contribution in [-0.2, 0) is 0 Å². The molecule has 1 aromatic rings. The number of nitrogens with one attached hydrogen (secondary N) is 4. The minimum atomic E-state index is -0.312. The molecule has 1 heterocycles. The van der Waals surface area contributed by atoms with Crippen LogP contribution in [0.5, 0.6) is 0 Å². The second-order valence-corrected chi connectivity index (χ2v) is 1.43. The largest absolute Gasteiger partial charge is 0.370 e. The van der Waals surface area contributed by atoms with Crippen LogP contribution in [0.1, 0.15) is 0 Å². The number of rotatable bonds is 0. The van der Waals surface area contributed by atoms with Crippen LogP contribution in [-0.4, -0.2) is 38.0 Å². The first-order chi connectivity index (χ1) is 5.63. The highest BCUT2D eigenvalue weighted by Crippen LogP contribution is 1.44. The van der Waals surface area contributed by atoms with Crippen molar-refractivity contribution in [2.45, 2.75) is 0 Å². The molecule has 0 unspecified atom stereocenters. The average molecular weight is 172 g/mol. The third kappa shape index (κ3) is 7.74. The summed E-state index contributed by atoms with van der Waals surface area (Å²) < 4.78 is 0. The van der Waals surface area contributed by atoms with Crippen molar-refractivity contribution in [2.75, 3.05) is 0 Å². The van der Waals surface area contributed by atoms with Gasteiger partial charge in [0, 0.05) is 0 Å². The van der Waals surface area contributed by atoms with Gasteiger partial charge >= 0.3 is 0 Å². The third-order valence-corrected chi connectivity index (χ3v) is 0.488. The van der Waals surface area contributed by atoms with Crippen LogP contribution in [0.4, 0.5) is 0 Å². The molecule has 0 aliphatic rings. The van der Waals surface area contributed by atoms with E-state index >= 15 is 0 Å². The van der Waals surface area contributed by atoms with Gasteiger partial charge in [-0.05, 0) is 20.9 Å². The lowest BCUT2D eigenvalue weighted by Gasteiger charge is -1.95. The number of H-pyrrole nitrogens is 1. The summed E-state index contributed by atoms with van der Waals surface area (Å²) in [6, 6.07) is 0. The van der Waals surface area contributed by atoms with Crippen molar-refractivity contribution in [1.82, 2.24) is 31.4 Å². The Morgan fingerprint density at radius 3 is 1.58 bits per heavy atom. The molecule has 0 saturated heterocycles. The first kappa shape index (κ1) is 9.74. The molecular formula is C2H8N10. The molecule has 66 valence electrons. The maximum absolute atomic E-state index is 6.47. The van der Waals surface area contributed by atoms with Crippen LogP contribution in [0, 0.1) is 10.8 Å². The Morgan fingerprint density at radius 2 is 1.50 bits per heavy atom. The topological polar surface area (TPSA) is 179 Å². The van der Waals surface area contributed by atoms with E-state index in [2.05, 4.69) is 26.1 Å². The van der Waals surface area contributed by atoms with E-state index in [9.17, 15) is 0 Å². The van der Waals surface area contributed by atoms with Crippen LogP contribution in [0.15, 0.2) is 0 Å². The van der Waals surface area contributed by atoms with Crippen LogP contribution in [0.25, 0.3) is 0 Å². The molecule has 10 heteroatoms. The SMILES string of the molecule is N=C(N)NC(=N)N.n1nn[nH]n1. The van der Waals surface area contributed by atoms with Crippen LogP contribution >= 0.6 is 0 Å². The van der Waals surface area contributed by atoms with Crippen molar-refractivity contribution < 1.29 is 0 Å². The van der Waals surface area contributed by atoms with Gasteiger partial charge in [-0.1, -0.05) is 0 Å². The molecular weight excluding hydrogens is 164 g/mol. The minimum Gasteiger partial charge on any atom is -0.370 e. The predicted molar refractivity (Wildman–Crippen MR) is 38.9 cm³/mol. The summed E-state index contributed by atoms with van der Waals surface area (Å²) >= 11 is 0. The molecule has 10 nitrogen and oxygen atoms in total. The van der Waals surface area contributed by atoms with Gasteiger partial charge in [0.05, 0.1) is 0 Å². The van der Waals surface area contributed by atoms with Gasteiger partial charge in [0.25, 0.3) is 0 Å². The fourth-order valence-electron chi connectivity index (χ4n) is 0.245. The fourth-order valence-corrected chi connectivity index (χ4v) is 0.245. The second kappa shape index (κ2) is 5.52. The monoisotopic (exact) mass is 172 g/mol. The number of hydrogen-bond acceptors (Lipinski definition) is 6. The maximum Gasteiger partial charge on any atom is 0.192 e. The zero-order valence-electron chi connectivity index (χ0n) is 5.94. The number of aromatic amines is 1. The van der Waals surface area contributed by atoms with Crippen molar-refractivity contribution in [3.05, 3.63) is 0 Å². The predicted octanol–water partition coefficient (Wildman–Crippen LogP) is -3.04. The minimum absolute atomic E-state index is 0.312. The lowest BCUT2D eigenvalue weighted by Crippen LogP contribution is -2.39. The highest BCUT2D eigenvalue weighted by molar-refractivity contribution is 5.93. The van der Waals surface area contributed by atoms with Gasteiger partial charge in [0.1, 0.15) is 0 Å². The van der Waals surface area contributed by atoms with Gasteiger partial charge in [0.2, 0.25) is 0 Å². The zero-order valence-corrected chi connectivity index (χ0v) is 5.94. The molecule has 0 spiro atoms. The van der Waals surface area contributed by atoms with Crippen LogP contribution in [0.3, 0.4) is 0 Å². The second-order valence-electron chi connectivity index (χ2n) is 1.43. The molecule has 1 rings (SSSR count). The van der Waals surface area contributed by atoms with E-state index in [0.29, 0.717) is 0 Å². The Morgan fingerprint density at radius 1 is 1.08 bits per heavy atom. The van der Waals surface area contributed by atoms with Crippen molar-refractivity contribution in [1.29, 1.82) is 10.8 Å². The third-order valence-electron chi connectivity index (χ3n) is 0.488. The normalized spacial score (nSPS) is 7.67. The summed E-state index contributed by atoms with van der Waals surface area (Å²) in [6.07, 6.45) is 0. The maximum atomic E-state index is 6.47. The van der Waals surface area contributed by atoms with Crippen LogP contribution < -0.4 is 16.8 Å². The summed E-state index contributed by atoms with van der Waals surface area (Å²) in [7, 11) is 0. The van der Waals surface area contributed by atoms with E-state index in [1.54, 1.807) is 0 Å². The molecule has 0 amide bonds. The Balaban J connectivity index is 0.000000211. The smallest absolute Gasteiger partial charge is 0.192 e. The van der Waals surface area contributed by atoms with Crippen molar-refractivity contribution in [2.24, 2.45) is 11.5 Å². The summed E-state index contributed by atoms with van der Waals surface area (Å²) in [5.74, 6) is -0.625. The quantitative estimate of drug-likeness (QED) is 0.177. The van der Waals surface area contributed by atoms with Crippen LogP contribution in [0.2, 0.25) is 0 Å². The lowest BCUT2D eigenvalue weighted by atomic mass is 10.9. The van der Waals surface area contributed by atoms with E-state index in [-0.39, 0.29) is 11.9 Å².